The van der Waals surface area contributed by atoms with Crippen LogP contribution in [0.2, 0.25) is 0 Å². The van der Waals surface area contributed by atoms with E-state index in [0.717, 1.165) is 11.3 Å². The van der Waals surface area contributed by atoms with E-state index in [2.05, 4.69) is 6.58 Å². The number of benzene rings is 2. The van der Waals surface area contributed by atoms with Crippen molar-refractivity contribution in [3.63, 3.8) is 0 Å². The van der Waals surface area contributed by atoms with Gasteiger partial charge in [-0.2, -0.15) is 0 Å². The summed E-state index contributed by atoms with van der Waals surface area (Å²) in [6.07, 6.45) is 2.94. The fourth-order valence-electron chi connectivity index (χ4n) is 3.20. The third-order valence-corrected chi connectivity index (χ3v) is 7.14. The summed E-state index contributed by atoms with van der Waals surface area (Å²) in [4.78, 5) is 0.370. The third kappa shape index (κ3) is 5.94. The average Bonchev–Trinajstić information content (AvgIpc) is 2.72. The predicted octanol–water partition coefficient (Wildman–Crippen LogP) is 5.05. The fraction of sp³-hybridized carbons (Fsp3) is 0.391. The number of methoxy groups -OCH3 is 1. The Kier molecular flexibility index (Phi) is 8.27. The molecule has 0 spiro atoms. The molecule has 28 heavy (non-hydrogen) atoms. The Balaban J connectivity index is 2.00. The summed E-state index contributed by atoms with van der Waals surface area (Å²) >= 11 is 0. The second-order valence-corrected chi connectivity index (χ2v) is 9.47. The highest BCUT2D eigenvalue weighted by molar-refractivity contribution is 7.92. The van der Waals surface area contributed by atoms with Gasteiger partial charge in [-0.25, -0.2) is 8.42 Å². The standard InChI is InChI=1S/C23H30O4S/c1-5-9-23(27-17-20-12-14-21(26-4)15-13-20)18(2)16-19(3)28(24,25)22-10-7-6-8-11-22/h5-8,10-15,18-19,23H,1,9,16-17H2,2-4H3/t18-,19?,23+/m0/s1. The number of rotatable bonds is 11. The molecule has 0 aliphatic rings. The minimum Gasteiger partial charge on any atom is -0.497 e. The predicted molar refractivity (Wildman–Crippen MR) is 113 cm³/mol. The van der Waals surface area contributed by atoms with Crippen LogP contribution in [0.25, 0.3) is 0 Å². The monoisotopic (exact) mass is 402 g/mol. The highest BCUT2D eigenvalue weighted by Gasteiger charge is 2.28. The molecule has 2 aromatic carbocycles. The molecule has 1 unspecified atom stereocenters. The van der Waals surface area contributed by atoms with Crippen LogP contribution in [-0.4, -0.2) is 26.9 Å². The van der Waals surface area contributed by atoms with Crippen molar-refractivity contribution < 1.29 is 17.9 Å². The van der Waals surface area contributed by atoms with E-state index in [1.165, 1.54) is 0 Å². The molecule has 0 fully saturated rings. The van der Waals surface area contributed by atoms with Crippen LogP contribution in [0, 0.1) is 5.92 Å². The van der Waals surface area contributed by atoms with Crippen molar-refractivity contribution in [2.24, 2.45) is 5.92 Å². The Labute approximate surface area is 169 Å². The fourth-order valence-corrected chi connectivity index (χ4v) is 4.76. The topological polar surface area (TPSA) is 52.6 Å². The molecule has 0 aliphatic carbocycles. The van der Waals surface area contributed by atoms with E-state index in [1.54, 1.807) is 38.3 Å². The molecule has 4 nitrogen and oxygen atoms in total. The Morgan fingerprint density at radius 2 is 1.68 bits per heavy atom. The molecule has 5 heteroatoms. The lowest BCUT2D eigenvalue weighted by Crippen LogP contribution is -2.28. The van der Waals surface area contributed by atoms with Gasteiger partial charge in [-0.3, -0.25) is 0 Å². The Bertz CT molecular complexity index is 829. The Hall–Kier alpha value is -2.11. The van der Waals surface area contributed by atoms with Crippen molar-refractivity contribution in [2.45, 2.75) is 49.5 Å². The van der Waals surface area contributed by atoms with Crippen molar-refractivity contribution in [2.75, 3.05) is 7.11 Å². The molecule has 2 rings (SSSR count). The number of sulfone groups is 1. The van der Waals surface area contributed by atoms with Crippen LogP contribution in [0.5, 0.6) is 5.75 Å². The van der Waals surface area contributed by atoms with Crippen molar-refractivity contribution in [3.05, 3.63) is 72.8 Å². The summed E-state index contributed by atoms with van der Waals surface area (Å²) in [6, 6.07) is 16.4. The van der Waals surface area contributed by atoms with E-state index in [1.807, 2.05) is 43.3 Å². The van der Waals surface area contributed by atoms with Gasteiger partial charge in [0.1, 0.15) is 5.75 Å². The molecule has 0 aliphatic heterocycles. The van der Waals surface area contributed by atoms with Crippen LogP contribution in [0.4, 0.5) is 0 Å². The molecule has 0 saturated carbocycles. The minimum absolute atomic E-state index is 0.0738. The zero-order valence-electron chi connectivity index (χ0n) is 16.9. The SMILES string of the molecule is C=CC[C@@H](OCc1ccc(OC)cc1)[C@@H](C)CC(C)S(=O)(=O)c1ccccc1. The Morgan fingerprint density at radius 1 is 1.04 bits per heavy atom. The van der Waals surface area contributed by atoms with E-state index in [9.17, 15) is 8.42 Å². The summed E-state index contributed by atoms with van der Waals surface area (Å²) in [5.41, 5.74) is 1.05. The molecule has 0 saturated heterocycles. The second-order valence-electron chi connectivity index (χ2n) is 7.10. The van der Waals surface area contributed by atoms with Crippen molar-refractivity contribution in [1.29, 1.82) is 0 Å². The lowest BCUT2D eigenvalue weighted by molar-refractivity contribution is 0.00561. The highest BCUT2D eigenvalue weighted by Crippen LogP contribution is 2.25. The summed E-state index contributed by atoms with van der Waals surface area (Å²) in [5.74, 6) is 0.879. The van der Waals surface area contributed by atoms with Gasteiger partial charge < -0.3 is 9.47 Å². The summed E-state index contributed by atoms with van der Waals surface area (Å²) < 4.78 is 36.9. The molecule has 2 aromatic rings. The molecule has 0 N–H and O–H groups in total. The zero-order chi connectivity index (χ0) is 20.6. The number of hydrogen-bond acceptors (Lipinski definition) is 4. The van der Waals surface area contributed by atoms with Gasteiger partial charge in [0.2, 0.25) is 0 Å². The van der Waals surface area contributed by atoms with E-state index in [0.29, 0.717) is 24.3 Å². The first-order chi connectivity index (χ1) is 13.4. The number of ether oxygens (including phenoxy) is 2. The number of hydrogen-bond donors (Lipinski definition) is 0. The quantitative estimate of drug-likeness (QED) is 0.494. The van der Waals surface area contributed by atoms with Crippen LogP contribution in [-0.2, 0) is 21.2 Å². The van der Waals surface area contributed by atoms with Crippen LogP contribution < -0.4 is 4.74 Å². The maximum atomic E-state index is 12.8. The molecular weight excluding hydrogens is 372 g/mol. The molecule has 0 bridgehead atoms. The summed E-state index contributed by atoms with van der Waals surface area (Å²) in [5, 5.41) is -0.484. The normalized spacial score (nSPS) is 14.8. The molecule has 0 amide bonds. The minimum atomic E-state index is -3.35. The molecule has 0 heterocycles. The molecule has 0 aromatic heterocycles. The van der Waals surface area contributed by atoms with E-state index in [4.69, 9.17) is 9.47 Å². The summed E-state index contributed by atoms with van der Waals surface area (Å²) in [6.45, 7) is 8.10. The van der Waals surface area contributed by atoms with Gasteiger partial charge >= 0.3 is 0 Å². The lowest BCUT2D eigenvalue weighted by atomic mass is 9.96. The van der Waals surface area contributed by atoms with Gasteiger partial charge in [-0.15, -0.1) is 6.58 Å². The third-order valence-electron chi connectivity index (χ3n) is 4.96. The van der Waals surface area contributed by atoms with Gasteiger partial charge in [-0.05, 0) is 55.5 Å². The lowest BCUT2D eigenvalue weighted by Gasteiger charge is -2.26. The molecular formula is C23H30O4S. The van der Waals surface area contributed by atoms with Crippen LogP contribution >= 0.6 is 0 Å². The first kappa shape index (κ1) is 22.2. The van der Waals surface area contributed by atoms with Gasteiger partial charge in [0.15, 0.2) is 9.84 Å². The Morgan fingerprint density at radius 3 is 2.25 bits per heavy atom. The molecule has 3 atom stereocenters. The van der Waals surface area contributed by atoms with Gasteiger partial charge in [0, 0.05) is 0 Å². The van der Waals surface area contributed by atoms with Crippen LogP contribution in [0.15, 0.2) is 72.1 Å². The van der Waals surface area contributed by atoms with Crippen LogP contribution in [0.3, 0.4) is 0 Å². The molecule has 0 radical (unpaired) electrons. The van der Waals surface area contributed by atoms with Crippen LogP contribution in [0.1, 0.15) is 32.3 Å². The van der Waals surface area contributed by atoms with Crippen molar-refractivity contribution in [1.82, 2.24) is 0 Å². The van der Waals surface area contributed by atoms with E-state index < -0.39 is 15.1 Å². The zero-order valence-corrected chi connectivity index (χ0v) is 17.7. The van der Waals surface area contributed by atoms with Gasteiger partial charge in [-0.1, -0.05) is 43.3 Å². The van der Waals surface area contributed by atoms with Crippen molar-refractivity contribution >= 4 is 9.84 Å². The smallest absolute Gasteiger partial charge is 0.180 e. The first-order valence-electron chi connectivity index (χ1n) is 9.52. The maximum absolute atomic E-state index is 12.8. The highest BCUT2D eigenvalue weighted by atomic mass is 32.2. The van der Waals surface area contributed by atoms with E-state index >= 15 is 0 Å². The average molecular weight is 403 g/mol. The van der Waals surface area contributed by atoms with Crippen molar-refractivity contribution in [3.8, 4) is 5.75 Å². The largest absolute Gasteiger partial charge is 0.497 e. The van der Waals surface area contributed by atoms with Gasteiger partial charge in [0.25, 0.3) is 0 Å². The molecule has 152 valence electrons. The van der Waals surface area contributed by atoms with E-state index in [-0.39, 0.29) is 12.0 Å². The second kappa shape index (κ2) is 10.4. The maximum Gasteiger partial charge on any atom is 0.180 e. The summed E-state index contributed by atoms with van der Waals surface area (Å²) in [7, 11) is -1.72. The first-order valence-corrected chi connectivity index (χ1v) is 11.1. The van der Waals surface area contributed by atoms with Gasteiger partial charge in [0.05, 0.1) is 30.0 Å².